The molecule has 4 rings (SSSR count). The molecule has 2 aliphatic heterocycles. The molecule has 0 N–H and O–H groups in total. The number of hydrogen-bond donors (Lipinski definition) is 0. The lowest BCUT2D eigenvalue weighted by molar-refractivity contribution is 0.0443. The fourth-order valence-corrected chi connectivity index (χ4v) is 4.46. The Morgan fingerprint density at radius 1 is 1.07 bits per heavy atom. The maximum absolute atomic E-state index is 13.1. The third kappa shape index (κ3) is 3.24. The Morgan fingerprint density at radius 3 is 2.50 bits per heavy atom. The van der Waals surface area contributed by atoms with E-state index in [4.69, 9.17) is 4.74 Å². The van der Waals surface area contributed by atoms with E-state index in [2.05, 4.69) is 4.90 Å². The number of carbonyl (C=O) groups excluding carboxylic acids is 1. The van der Waals surface area contributed by atoms with Crippen LogP contribution >= 0.6 is 0 Å². The molecule has 150 valence electrons. The van der Waals surface area contributed by atoms with Crippen molar-refractivity contribution in [2.24, 2.45) is 7.05 Å². The van der Waals surface area contributed by atoms with Gasteiger partial charge >= 0.3 is 6.09 Å². The smallest absolute Gasteiger partial charge is 0.410 e. The summed E-state index contributed by atoms with van der Waals surface area (Å²) >= 11 is 0. The van der Waals surface area contributed by atoms with Crippen LogP contribution in [0.15, 0.2) is 35.1 Å². The number of likely N-dealkylation sites (tertiary alicyclic amines) is 1. The van der Waals surface area contributed by atoms with Gasteiger partial charge in [0.15, 0.2) is 0 Å². The van der Waals surface area contributed by atoms with E-state index in [9.17, 15) is 9.59 Å². The van der Waals surface area contributed by atoms with Gasteiger partial charge in [0.25, 0.3) is 5.56 Å². The van der Waals surface area contributed by atoms with Crippen LogP contribution in [0, 0.1) is 6.92 Å². The van der Waals surface area contributed by atoms with Crippen molar-refractivity contribution < 1.29 is 9.53 Å². The first kappa shape index (κ1) is 18.8. The monoisotopic (exact) mass is 384 g/mol. The van der Waals surface area contributed by atoms with Crippen molar-refractivity contribution in [2.75, 3.05) is 26.7 Å². The Kier molecular flexibility index (Phi) is 4.79. The van der Waals surface area contributed by atoms with Gasteiger partial charge in [0, 0.05) is 39.3 Å². The molecule has 0 bridgehead atoms. The van der Waals surface area contributed by atoms with Crippen LogP contribution in [0.3, 0.4) is 0 Å². The first-order valence-corrected chi connectivity index (χ1v) is 9.90. The zero-order valence-corrected chi connectivity index (χ0v) is 16.9. The number of carbonyl (C=O) groups is 1. The molecule has 7 nitrogen and oxygen atoms in total. The summed E-state index contributed by atoms with van der Waals surface area (Å²) < 4.78 is 9.36. The minimum absolute atomic E-state index is 0.0391. The fourth-order valence-electron chi connectivity index (χ4n) is 4.46. The molecule has 3 heterocycles. The minimum atomic E-state index is -0.365. The van der Waals surface area contributed by atoms with Gasteiger partial charge in [-0.1, -0.05) is 18.2 Å². The molecule has 1 unspecified atom stereocenters. The number of hydrogen-bond acceptors (Lipinski definition) is 4. The molecule has 1 spiro atoms. The normalized spacial score (nSPS) is 23.2. The number of ether oxygens (including phenoxy) is 1. The number of likely N-dealkylation sites (N-methyl/N-ethyl adjacent to an activating group) is 1. The molecule has 0 aliphatic carbocycles. The van der Waals surface area contributed by atoms with Gasteiger partial charge in [-0.25, -0.2) is 9.48 Å². The summed E-state index contributed by atoms with van der Waals surface area (Å²) in [6.45, 7) is 5.01. The molecule has 0 radical (unpaired) electrons. The molecule has 2 saturated heterocycles. The second-order valence-corrected chi connectivity index (χ2v) is 8.08. The summed E-state index contributed by atoms with van der Waals surface area (Å²) in [5.74, 6) is 0. The Labute approximate surface area is 165 Å². The van der Waals surface area contributed by atoms with E-state index in [1.165, 1.54) is 0 Å². The first-order valence-electron chi connectivity index (χ1n) is 9.90. The highest BCUT2D eigenvalue weighted by molar-refractivity contribution is 5.70. The van der Waals surface area contributed by atoms with Crippen LogP contribution in [0.25, 0.3) is 5.69 Å². The molecular formula is C21H28N4O3. The first-order chi connectivity index (χ1) is 13.4. The Balaban J connectivity index is 1.54. The highest BCUT2D eigenvalue weighted by atomic mass is 16.6. The van der Waals surface area contributed by atoms with E-state index < -0.39 is 0 Å². The Bertz CT molecular complexity index is 933. The Hall–Kier alpha value is -2.54. The van der Waals surface area contributed by atoms with Gasteiger partial charge in [0.2, 0.25) is 0 Å². The highest BCUT2D eigenvalue weighted by Crippen LogP contribution is 2.32. The van der Waals surface area contributed by atoms with Gasteiger partial charge in [-0.2, -0.15) is 0 Å². The molecule has 2 fully saturated rings. The molecular weight excluding hydrogens is 356 g/mol. The van der Waals surface area contributed by atoms with Crippen LogP contribution in [-0.4, -0.2) is 57.5 Å². The summed E-state index contributed by atoms with van der Waals surface area (Å²) in [6, 6.07) is 9.73. The van der Waals surface area contributed by atoms with Crippen LogP contribution < -0.4 is 5.56 Å². The van der Waals surface area contributed by atoms with Crippen LogP contribution in [0.4, 0.5) is 4.79 Å². The number of benzene rings is 1. The molecule has 28 heavy (non-hydrogen) atoms. The van der Waals surface area contributed by atoms with Gasteiger partial charge in [0.05, 0.1) is 17.8 Å². The lowest BCUT2D eigenvalue weighted by Crippen LogP contribution is -2.35. The number of amides is 1. The number of para-hydroxylation sites is 1. The fraction of sp³-hybridized carbons (Fsp3) is 0.524. The molecule has 1 aromatic carbocycles. The summed E-state index contributed by atoms with van der Waals surface area (Å²) in [4.78, 5) is 29.0. The quantitative estimate of drug-likeness (QED) is 0.815. The second kappa shape index (κ2) is 7.13. The lowest BCUT2D eigenvalue weighted by Gasteiger charge is -2.25. The molecule has 2 aromatic rings. The van der Waals surface area contributed by atoms with Crippen molar-refractivity contribution in [3.8, 4) is 5.69 Å². The van der Waals surface area contributed by atoms with Crippen molar-refractivity contribution >= 4 is 6.09 Å². The van der Waals surface area contributed by atoms with Crippen molar-refractivity contribution in [3.63, 3.8) is 0 Å². The van der Waals surface area contributed by atoms with Crippen LogP contribution in [-0.2, 0) is 18.3 Å². The average Bonchev–Trinajstić information content (AvgIpc) is 2.97. The van der Waals surface area contributed by atoms with E-state index in [1.807, 2.05) is 49.0 Å². The molecule has 1 atom stereocenters. The third-order valence-corrected chi connectivity index (χ3v) is 6.19. The lowest BCUT2D eigenvalue weighted by atomic mass is 9.95. The van der Waals surface area contributed by atoms with E-state index in [0.717, 1.165) is 49.3 Å². The van der Waals surface area contributed by atoms with Crippen molar-refractivity contribution in [1.82, 2.24) is 19.2 Å². The van der Waals surface area contributed by atoms with Gasteiger partial charge < -0.3 is 9.64 Å². The molecule has 7 heteroatoms. The molecule has 1 amide bonds. The van der Waals surface area contributed by atoms with Crippen LogP contribution in [0.2, 0.25) is 0 Å². The van der Waals surface area contributed by atoms with Gasteiger partial charge in [0.1, 0.15) is 5.60 Å². The average molecular weight is 384 g/mol. The van der Waals surface area contributed by atoms with E-state index in [-0.39, 0.29) is 17.3 Å². The maximum atomic E-state index is 13.1. The van der Waals surface area contributed by atoms with Crippen molar-refractivity contribution in [1.29, 1.82) is 0 Å². The summed E-state index contributed by atoms with van der Waals surface area (Å²) in [7, 11) is 3.72. The summed E-state index contributed by atoms with van der Waals surface area (Å²) in [5, 5.41) is 0. The van der Waals surface area contributed by atoms with Crippen LogP contribution in [0.5, 0.6) is 0 Å². The highest BCUT2D eigenvalue weighted by Gasteiger charge is 2.44. The largest absolute Gasteiger partial charge is 0.441 e. The van der Waals surface area contributed by atoms with E-state index in [1.54, 1.807) is 16.6 Å². The van der Waals surface area contributed by atoms with Gasteiger partial charge in [-0.15, -0.1) is 0 Å². The van der Waals surface area contributed by atoms with E-state index in [0.29, 0.717) is 13.1 Å². The van der Waals surface area contributed by atoms with Gasteiger partial charge in [-0.3, -0.25) is 14.4 Å². The minimum Gasteiger partial charge on any atom is -0.441 e. The summed E-state index contributed by atoms with van der Waals surface area (Å²) in [6.07, 6.45) is 2.42. The predicted molar refractivity (Wildman–Crippen MR) is 107 cm³/mol. The van der Waals surface area contributed by atoms with E-state index >= 15 is 0 Å². The maximum Gasteiger partial charge on any atom is 0.410 e. The number of rotatable bonds is 3. The van der Waals surface area contributed by atoms with Crippen LogP contribution in [0.1, 0.15) is 30.5 Å². The summed E-state index contributed by atoms with van der Waals surface area (Å²) in [5.41, 5.74) is 2.37. The molecule has 2 aliphatic rings. The number of nitrogens with zero attached hydrogens (tertiary/aromatic N) is 4. The second-order valence-electron chi connectivity index (χ2n) is 8.08. The number of aromatic nitrogens is 2. The molecule has 1 aromatic heterocycles. The van der Waals surface area contributed by atoms with Crippen molar-refractivity contribution in [3.05, 3.63) is 51.9 Å². The Morgan fingerprint density at radius 2 is 1.82 bits per heavy atom. The standard InChI is InChI=1S/C21H28N4O3/c1-16-18(19(26)25(23(16)3)17-8-5-4-6-9-17)14-24-12-7-10-21(11-13-24)15-22(2)20(27)28-21/h4-6,8-9H,7,10-15H2,1-3H3. The third-order valence-electron chi connectivity index (χ3n) is 6.19. The molecule has 0 saturated carbocycles. The predicted octanol–water partition coefficient (Wildman–Crippen LogP) is 2.29. The van der Waals surface area contributed by atoms with Gasteiger partial charge in [-0.05, 0) is 38.4 Å². The zero-order chi connectivity index (χ0) is 19.9. The topological polar surface area (TPSA) is 59.7 Å². The van der Waals surface area contributed by atoms with Crippen molar-refractivity contribution in [2.45, 2.75) is 38.3 Å². The zero-order valence-electron chi connectivity index (χ0n) is 16.9. The SMILES string of the molecule is Cc1c(CN2CCCC3(CC2)CN(C)C(=O)O3)c(=O)n(-c2ccccc2)n1C.